The Morgan fingerprint density at radius 1 is 1.15 bits per heavy atom. The second kappa shape index (κ2) is 8.70. The summed E-state index contributed by atoms with van der Waals surface area (Å²) >= 11 is 6.44. The van der Waals surface area contributed by atoms with Crippen LogP contribution in [0.4, 0.5) is 0 Å². The van der Waals surface area contributed by atoms with E-state index in [1.165, 1.54) is 36.0 Å². The molecule has 3 nitrogen and oxygen atoms in total. The van der Waals surface area contributed by atoms with Crippen LogP contribution in [0.5, 0.6) is 0 Å². The number of rotatable bonds is 7. The molecule has 0 spiro atoms. The summed E-state index contributed by atoms with van der Waals surface area (Å²) < 4.78 is 0. The molecule has 1 amide bonds. The van der Waals surface area contributed by atoms with Crippen molar-refractivity contribution in [3.8, 4) is 0 Å². The van der Waals surface area contributed by atoms with Crippen molar-refractivity contribution < 1.29 is 4.79 Å². The average molecular weight is 371 g/mol. The minimum Gasteiger partial charge on any atom is -0.333 e. The summed E-state index contributed by atoms with van der Waals surface area (Å²) in [6, 6.07) is 13.8. The number of carbonyl (C=O) groups is 1. The molecule has 0 fully saturated rings. The second-order valence-corrected chi connectivity index (χ2v) is 7.56. The number of amides is 1. The van der Waals surface area contributed by atoms with Crippen molar-refractivity contribution >= 4 is 17.5 Å². The van der Waals surface area contributed by atoms with Gasteiger partial charge in [0.25, 0.3) is 0 Å². The number of nitrogens with zero attached hydrogens (tertiary/aromatic N) is 1. The third-order valence-electron chi connectivity index (χ3n) is 5.10. The summed E-state index contributed by atoms with van der Waals surface area (Å²) in [6.07, 6.45) is 5.14. The normalized spacial score (nSPS) is 14.3. The van der Waals surface area contributed by atoms with E-state index in [1.54, 1.807) is 0 Å². The number of nitrogens with two attached hydrogens (primary N) is 1. The van der Waals surface area contributed by atoms with E-state index in [2.05, 4.69) is 25.1 Å². The third-order valence-corrected chi connectivity index (χ3v) is 5.45. The van der Waals surface area contributed by atoms with Crippen molar-refractivity contribution in [3.63, 3.8) is 0 Å². The van der Waals surface area contributed by atoms with Crippen molar-refractivity contribution in [2.75, 3.05) is 0 Å². The molecule has 0 saturated heterocycles. The van der Waals surface area contributed by atoms with Gasteiger partial charge in [-0.25, -0.2) is 0 Å². The fourth-order valence-electron chi connectivity index (χ4n) is 3.54. The van der Waals surface area contributed by atoms with Crippen LogP contribution in [-0.4, -0.2) is 16.8 Å². The number of benzene rings is 2. The molecule has 1 aliphatic rings. The van der Waals surface area contributed by atoms with E-state index >= 15 is 0 Å². The van der Waals surface area contributed by atoms with Crippen LogP contribution >= 0.6 is 11.6 Å². The Bertz CT molecular complexity index is 749. The van der Waals surface area contributed by atoms with E-state index in [4.69, 9.17) is 17.3 Å². The van der Waals surface area contributed by atoms with Gasteiger partial charge in [0.2, 0.25) is 5.91 Å². The Labute approximate surface area is 161 Å². The summed E-state index contributed by atoms with van der Waals surface area (Å²) in [7, 11) is 0. The molecule has 2 N–H and O–H groups in total. The zero-order chi connectivity index (χ0) is 18.5. The number of fused-ring (bicyclic) bond motifs is 1. The monoisotopic (exact) mass is 370 g/mol. The Morgan fingerprint density at radius 2 is 1.85 bits per heavy atom. The first kappa shape index (κ1) is 18.9. The van der Waals surface area contributed by atoms with Gasteiger partial charge in [-0.05, 0) is 47.6 Å². The molecular formula is C22H27ClN2O. The average Bonchev–Trinajstić information content (AvgIpc) is 3.07. The molecule has 0 saturated carbocycles. The number of unbranched alkanes of at least 4 members (excludes halogenated alkanes) is 2. The van der Waals surface area contributed by atoms with Crippen LogP contribution in [0, 0.1) is 0 Å². The van der Waals surface area contributed by atoms with Crippen LogP contribution in [-0.2, 0) is 30.7 Å². The van der Waals surface area contributed by atoms with Crippen LogP contribution in [0.15, 0.2) is 42.5 Å². The standard InChI is InChI=1S/C22H27ClN2O/c1-2-3-4-7-16-10-11-17(20(23)12-16)13-21(24)22(26)25-14-18-8-5-6-9-19(18)15-25/h5-6,8-12,21H,2-4,7,13-15,24H2,1H3. The molecule has 4 heteroatoms. The van der Waals surface area contributed by atoms with Gasteiger partial charge in [0.15, 0.2) is 0 Å². The van der Waals surface area contributed by atoms with Gasteiger partial charge in [-0.15, -0.1) is 0 Å². The Hall–Kier alpha value is -1.84. The molecule has 1 unspecified atom stereocenters. The summed E-state index contributed by atoms with van der Waals surface area (Å²) in [5.74, 6) is -0.00992. The lowest BCUT2D eigenvalue weighted by Crippen LogP contribution is -2.42. The van der Waals surface area contributed by atoms with E-state index < -0.39 is 6.04 Å². The van der Waals surface area contributed by atoms with Crippen LogP contribution in [0.25, 0.3) is 0 Å². The molecule has 0 aliphatic carbocycles. The molecule has 0 radical (unpaired) electrons. The van der Waals surface area contributed by atoms with Gasteiger partial charge in [-0.1, -0.05) is 67.8 Å². The molecule has 26 heavy (non-hydrogen) atoms. The Balaban J connectivity index is 1.59. The first-order chi connectivity index (χ1) is 12.6. The van der Waals surface area contributed by atoms with E-state index in [-0.39, 0.29) is 5.91 Å². The molecule has 138 valence electrons. The topological polar surface area (TPSA) is 46.3 Å². The highest BCUT2D eigenvalue weighted by Gasteiger charge is 2.27. The van der Waals surface area contributed by atoms with Gasteiger partial charge >= 0.3 is 0 Å². The minimum atomic E-state index is -0.562. The zero-order valence-corrected chi connectivity index (χ0v) is 16.1. The van der Waals surface area contributed by atoms with Crippen molar-refractivity contribution in [3.05, 3.63) is 69.7 Å². The molecule has 2 aromatic rings. The van der Waals surface area contributed by atoms with Gasteiger partial charge < -0.3 is 10.6 Å². The largest absolute Gasteiger partial charge is 0.333 e. The van der Waals surface area contributed by atoms with E-state index in [1.807, 2.05) is 29.2 Å². The molecular weight excluding hydrogens is 344 g/mol. The fourth-order valence-corrected chi connectivity index (χ4v) is 3.82. The van der Waals surface area contributed by atoms with Crippen molar-refractivity contribution in [1.82, 2.24) is 4.90 Å². The summed E-state index contributed by atoms with van der Waals surface area (Å²) in [5.41, 5.74) is 10.8. The minimum absolute atomic E-state index is 0.00992. The smallest absolute Gasteiger partial charge is 0.240 e. The SMILES string of the molecule is CCCCCc1ccc(CC(N)C(=O)N2Cc3ccccc3C2)c(Cl)c1. The highest BCUT2D eigenvalue weighted by atomic mass is 35.5. The van der Waals surface area contributed by atoms with Crippen LogP contribution in [0.3, 0.4) is 0 Å². The number of carbonyl (C=O) groups excluding carboxylic acids is 1. The van der Waals surface area contributed by atoms with Crippen LogP contribution in [0.1, 0.15) is 48.4 Å². The molecule has 1 heterocycles. The van der Waals surface area contributed by atoms with E-state index in [0.29, 0.717) is 24.5 Å². The maximum atomic E-state index is 12.7. The van der Waals surface area contributed by atoms with Gasteiger partial charge in [-0.2, -0.15) is 0 Å². The summed E-state index contributed by atoms with van der Waals surface area (Å²) in [4.78, 5) is 14.6. The third kappa shape index (κ3) is 4.46. The van der Waals surface area contributed by atoms with Crippen molar-refractivity contribution in [2.24, 2.45) is 5.73 Å². The van der Waals surface area contributed by atoms with Gasteiger partial charge in [0.1, 0.15) is 0 Å². The Kier molecular flexibility index (Phi) is 6.33. The zero-order valence-electron chi connectivity index (χ0n) is 15.4. The first-order valence-electron chi connectivity index (χ1n) is 9.47. The number of hydrogen-bond donors (Lipinski definition) is 1. The molecule has 0 aromatic heterocycles. The van der Waals surface area contributed by atoms with Gasteiger partial charge in [0.05, 0.1) is 6.04 Å². The number of hydrogen-bond acceptors (Lipinski definition) is 2. The van der Waals surface area contributed by atoms with Gasteiger partial charge in [0, 0.05) is 18.1 Å². The molecule has 1 atom stereocenters. The lowest BCUT2D eigenvalue weighted by Gasteiger charge is -2.21. The summed E-state index contributed by atoms with van der Waals surface area (Å²) in [6.45, 7) is 3.49. The van der Waals surface area contributed by atoms with Crippen molar-refractivity contribution in [1.29, 1.82) is 0 Å². The fraction of sp³-hybridized carbons (Fsp3) is 0.409. The Morgan fingerprint density at radius 3 is 2.46 bits per heavy atom. The predicted octanol–water partition coefficient (Wildman–Crippen LogP) is 4.48. The lowest BCUT2D eigenvalue weighted by atomic mass is 10.0. The van der Waals surface area contributed by atoms with Gasteiger partial charge in [-0.3, -0.25) is 4.79 Å². The molecule has 1 aliphatic heterocycles. The first-order valence-corrected chi connectivity index (χ1v) is 9.84. The molecule has 2 aromatic carbocycles. The predicted molar refractivity (Wildman–Crippen MR) is 107 cm³/mol. The number of aryl methyl sites for hydroxylation is 1. The number of halogens is 1. The summed E-state index contributed by atoms with van der Waals surface area (Å²) in [5, 5.41) is 0.715. The van der Waals surface area contributed by atoms with E-state index in [0.717, 1.165) is 12.0 Å². The quantitative estimate of drug-likeness (QED) is 0.730. The molecule has 3 rings (SSSR count). The lowest BCUT2D eigenvalue weighted by molar-refractivity contribution is -0.133. The maximum absolute atomic E-state index is 12.7. The van der Waals surface area contributed by atoms with Crippen molar-refractivity contribution in [2.45, 2.75) is 58.2 Å². The van der Waals surface area contributed by atoms with Crippen LogP contribution < -0.4 is 5.73 Å². The molecule has 0 bridgehead atoms. The highest BCUT2D eigenvalue weighted by Crippen LogP contribution is 2.24. The second-order valence-electron chi connectivity index (χ2n) is 7.16. The maximum Gasteiger partial charge on any atom is 0.240 e. The highest BCUT2D eigenvalue weighted by molar-refractivity contribution is 6.31. The van der Waals surface area contributed by atoms with Crippen LogP contribution in [0.2, 0.25) is 5.02 Å². The van der Waals surface area contributed by atoms with E-state index in [9.17, 15) is 4.79 Å².